The van der Waals surface area contributed by atoms with Gasteiger partial charge < -0.3 is 9.47 Å². The lowest BCUT2D eigenvalue weighted by Crippen LogP contribution is -1.97. The molecule has 122 valence electrons. The first-order chi connectivity index (χ1) is 11.8. The van der Waals surface area contributed by atoms with Gasteiger partial charge in [0.25, 0.3) is 0 Å². The van der Waals surface area contributed by atoms with E-state index < -0.39 is 0 Å². The summed E-state index contributed by atoms with van der Waals surface area (Å²) in [5.74, 6) is 1.65. The zero-order chi connectivity index (χ0) is 16.4. The smallest absolute Gasteiger partial charge is 0.130 e. The van der Waals surface area contributed by atoms with Crippen molar-refractivity contribution in [2.75, 3.05) is 7.11 Å². The van der Waals surface area contributed by atoms with E-state index in [0.29, 0.717) is 6.61 Å². The molecule has 0 aliphatic heterocycles. The molecule has 1 aliphatic carbocycles. The number of ether oxygens (including phenoxy) is 2. The highest BCUT2D eigenvalue weighted by Crippen LogP contribution is 2.39. The fourth-order valence-corrected chi connectivity index (χ4v) is 3.74. The van der Waals surface area contributed by atoms with Crippen molar-refractivity contribution in [1.82, 2.24) is 4.98 Å². The van der Waals surface area contributed by atoms with Crippen LogP contribution in [-0.4, -0.2) is 17.3 Å². The summed E-state index contributed by atoms with van der Waals surface area (Å²) < 4.78 is 11.3. The predicted molar refractivity (Wildman–Crippen MR) is 97.9 cm³/mol. The normalized spacial score (nSPS) is 13.9. The van der Waals surface area contributed by atoms with E-state index in [1.807, 2.05) is 36.0 Å². The van der Waals surface area contributed by atoms with E-state index in [4.69, 9.17) is 9.47 Å². The van der Waals surface area contributed by atoms with Crippen LogP contribution in [0.1, 0.15) is 18.4 Å². The molecule has 0 bridgehead atoms. The average Bonchev–Trinajstić information content (AvgIpc) is 3.43. The van der Waals surface area contributed by atoms with Crippen LogP contribution in [-0.2, 0) is 6.61 Å². The van der Waals surface area contributed by atoms with Gasteiger partial charge in [0.2, 0.25) is 0 Å². The third-order valence-corrected chi connectivity index (χ3v) is 5.36. The summed E-state index contributed by atoms with van der Waals surface area (Å²) in [6, 6.07) is 16.4. The topological polar surface area (TPSA) is 31.4 Å². The van der Waals surface area contributed by atoms with Gasteiger partial charge in [-0.05, 0) is 48.7 Å². The zero-order valence-corrected chi connectivity index (χ0v) is 14.4. The van der Waals surface area contributed by atoms with Gasteiger partial charge in [0.15, 0.2) is 0 Å². The number of hydrogen-bond acceptors (Lipinski definition) is 4. The highest BCUT2D eigenvalue weighted by Gasteiger charge is 2.22. The molecule has 1 heterocycles. The van der Waals surface area contributed by atoms with Crippen molar-refractivity contribution < 1.29 is 9.47 Å². The second-order valence-corrected chi connectivity index (χ2v) is 7.32. The maximum atomic E-state index is 6.06. The highest BCUT2D eigenvalue weighted by atomic mass is 32.2. The Morgan fingerprint density at radius 2 is 2.04 bits per heavy atom. The lowest BCUT2D eigenvalue weighted by Gasteiger charge is -2.10. The van der Waals surface area contributed by atoms with Crippen molar-refractivity contribution in [3.8, 4) is 11.5 Å². The molecule has 0 saturated heterocycles. The molecule has 1 saturated carbocycles. The number of hydrogen-bond donors (Lipinski definition) is 0. The van der Waals surface area contributed by atoms with E-state index in [0.717, 1.165) is 27.7 Å². The first-order valence-electron chi connectivity index (χ1n) is 8.13. The number of aromatic nitrogens is 1. The predicted octanol–water partition coefficient (Wildman–Crippen LogP) is 5.08. The molecule has 1 aromatic heterocycles. The molecule has 1 fully saturated rings. The molecule has 3 aromatic rings. The number of thioether (sulfide) groups is 1. The molecule has 4 heteroatoms. The second kappa shape index (κ2) is 6.73. The number of pyridine rings is 1. The van der Waals surface area contributed by atoms with Crippen LogP contribution < -0.4 is 9.47 Å². The Morgan fingerprint density at radius 3 is 2.88 bits per heavy atom. The van der Waals surface area contributed by atoms with E-state index >= 15 is 0 Å². The van der Waals surface area contributed by atoms with Crippen LogP contribution in [0.5, 0.6) is 11.5 Å². The Hall–Kier alpha value is -2.20. The maximum absolute atomic E-state index is 6.06. The van der Waals surface area contributed by atoms with E-state index in [2.05, 4.69) is 29.2 Å². The van der Waals surface area contributed by atoms with Gasteiger partial charge in [-0.3, -0.25) is 4.98 Å². The molecule has 1 aliphatic rings. The molecule has 24 heavy (non-hydrogen) atoms. The number of rotatable bonds is 6. The number of methoxy groups -OCH3 is 1. The van der Waals surface area contributed by atoms with E-state index in [1.165, 1.54) is 23.3 Å². The first-order valence-corrected chi connectivity index (χ1v) is 9.01. The van der Waals surface area contributed by atoms with Gasteiger partial charge in [-0.15, -0.1) is 11.8 Å². The van der Waals surface area contributed by atoms with Crippen molar-refractivity contribution in [3.05, 3.63) is 60.3 Å². The van der Waals surface area contributed by atoms with Crippen molar-refractivity contribution >= 4 is 22.7 Å². The van der Waals surface area contributed by atoms with Gasteiger partial charge in [-0.25, -0.2) is 0 Å². The van der Waals surface area contributed by atoms with Gasteiger partial charge in [-0.2, -0.15) is 0 Å². The Balaban J connectivity index is 1.52. The summed E-state index contributed by atoms with van der Waals surface area (Å²) in [6.07, 6.45) is 4.46. The van der Waals surface area contributed by atoms with Crippen LogP contribution in [0.2, 0.25) is 0 Å². The number of fused-ring (bicyclic) bond motifs is 1. The minimum Gasteiger partial charge on any atom is -0.497 e. The van der Waals surface area contributed by atoms with Crippen LogP contribution in [0, 0.1) is 0 Å². The van der Waals surface area contributed by atoms with Gasteiger partial charge >= 0.3 is 0 Å². The van der Waals surface area contributed by atoms with Crippen molar-refractivity contribution in [3.63, 3.8) is 0 Å². The maximum Gasteiger partial charge on any atom is 0.130 e. The van der Waals surface area contributed by atoms with Gasteiger partial charge in [0, 0.05) is 27.8 Å². The fraction of sp³-hybridized carbons (Fsp3) is 0.250. The monoisotopic (exact) mass is 337 g/mol. The summed E-state index contributed by atoms with van der Waals surface area (Å²) in [5, 5.41) is 1.82. The van der Waals surface area contributed by atoms with Gasteiger partial charge in [0.1, 0.15) is 18.1 Å². The lowest BCUT2D eigenvalue weighted by molar-refractivity contribution is 0.309. The van der Waals surface area contributed by atoms with Crippen LogP contribution >= 0.6 is 11.8 Å². The molecule has 4 rings (SSSR count). The largest absolute Gasteiger partial charge is 0.497 e. The van der Waals surface area contributed by atoms with Crippen LogP contribution in [0.4, 0.5) is 0 Å². The van der Waals surface area contributed by atoms with E-state index in [-0.39, 0.29) is 0 Å². The number of benzene rings is 2. The Morgan fingerprint density at radius 1 is 1.12 bits per heavy atom. The fourth-order valence-electron chi connectivity index (χ4n) is 2.60. The molecular formula is C20H19NO2S. The molecule has 0 radical (unpaired) electrons. The van der Waals surface area contributed by atoms with Crippen molar-refractivity contribution in [2.45, 2.75) is 29.6 Å². The van der Waals surface area contributed by atoms with Crippen LogP contribution in [0.3, 0.4) is 0 Å². The zero-order valence-electron chi connectivity index (χ0n) is 13.6. The summed E-state index contributed by atoms with van der Waals surface area (Å²) in [6.45, 7) is 0.560. The quantitative estimate of drug-likeness (QED) is 0.628. The molecule has 0 atom stereocenters. The molecule has 0 spiro atoms. The highest BCUT2D eigenvalue weighted by molar-refractivity contribution is 8.00. The third-order valence-electron chi connectivity index (χ3n) is 4.03. The Labute approximate surface area is 146 Å². The molecule has 0 amide bonds. The average molecular weight is 337 g/mol. The van der Waals surface area contributed by atoms with Gasteiger partial charge in [0.05, 0.1) is 12.6 Å². The van der Waals surface area contributed by atoms with Gasteiger partial charge in [-0.1, -0.05) is 12.1 Å². The molecule has 2 aromatic carbocycles. The summed E-state index contributed by atoms with van der Waals surface area (Å²) in [4.78, 5) is 5.73. The first kappa shape index (κ1) is 15.3. The van der Waals surface area contributed by atoms with E-state index in [1.54, 1.807) is 13.3 Å². The second-order valence-electron chi connectivity index (χ2n) is 5.95. The minimum atomic E-state index is 0.560. The van der Waals surface area contributed by atoms with Crippen LogP contribution in [0.25, 0.3) is 10.9 Å². The number of nitrogens with zero attached hydrogens (tertiary/aromatic N) is 1. The summed E-state index contributed by atoms with van der Waals surface area (Å²) >= 11 is 1.97. The Kier molecular flexibility index (Phi) is 4.30. The van der Waals surface area contributed by atoms with E-state index in [9.17, 15) is 0 Å². The lowest BCUT2D eigenvalue weighted by atomic mass is 10.2. The van der Waals surface area contributed by atoms with Crippen molar-refractivity contribution in [1.29, 1.82) is 0 Å². The molecule has 0 N–H and O–H groups in total. The van der Waals surface area contributed by atoms with Crippen molar-refractivity contribution in [2.24, 2.45) is 0 Å². The Bertz CT molecular complexity index is 861. The third kappa shape index (κ3) is 3.49. The van der Waals surface area contributed by atoms with Crippen LogP contribution in [0.15, 0.2) is 59.6 Å². The molecule has 3 nitrogen and oxygen atoms in total. The molecular weight excluding hydrogens is 318 g/mol. The summed E-state index contributed by atoms with van der Waals surface area (Å²) in [7, 11) is 1.66. The summed E-state index contributed by atoms with van der Waals surface area (Å²) in [5.41, 5.74) is 2.07. The minimum absolute atomic E-state index is 0.560. The SMILES string of the molecule is COc1ccc2c(OCc3cccc(SC4CC4)c3)ccnc2c1. The molecule has 0 unspecified atom stereocenters. The standard InChI is InChI=1S/C20H19NO2S/c1-22-15-5-8-18-19(12-15)21-10-9-20(18)23-13-14-3-2-4-17(11-14)24-16-6-7-16/h2-5,8-12,16H,6-7,13H2,1H3.